The largest absolute Gasteiger partial charge is 0.487 e. The van der Waals surface area contributed by atoms with Gasteiger partial charge in [-0.05, 0) is 43.7 Å². The molecule has 0 aliphatic rings. The number of ether oxygens (including phenoxy) is 1. The molecule has 0 saturated carbocycles. The first kappa shape index (κ1) is 17.5. The van der Waals surface area contributed by atoms with Gasteiger partial charge in [0.1, 0.15) is 12.4 Å². The van der Waals surface area contributed by atoms with Crippen molar-refractivity contribution in [2.45, 2.75) is 32.9 Å². The molecule has 0 N–H and O–H groups in total. The molecule has 0 aliphatic carbocycles. The van der Waals surface area contributed by atoms with Gasteiger partial charge in [-0.1, -0.05) is 12.1 Å². The Labute approximate surface area is 142 Å². The van der Waals surface area contributed by atoms with Crippen molar-refractivity contribution in [3.05, 3.63) is 59.4 Å². The summed E-state index contributed by atoms with van der Waals surface area (Å²) in [6.45, 7) is 4.14. The van der Waals surface area contributed by atoms with Gasteiger partial charge in [-0.15, -0.1) is 0 Å². The summed E-state index contributed by atoms with van der Waals surface area (Å²) in [5.41, 5.74) is 2.43. The standard InChI is InChI=1S/C19H21N3O2/c1-14-7-8-18(12-21-14)24-13-16-5-4-6-17(11-16)19(23)22(3)15(2)9-10-20/h4-8,11-12,15H,9,13H2,1-3H3. The molecule has 1 atom stereocenters. The van der Waals surface area contributed by atoms with Crippen LogP contribution in [0.1, 0.15) is 35.0 Å². The maximum absolute atomic E-state index is 12.5. The smallest absolute Gasteiger partial charge is 0.253 e. The van der Waals surface area contributed by atoms with Gasteiger partial charge < -0.3 is 9.64 Å². The van der Waals surface area contributed by atoms with Crippen LogP contribution in [-0.2, 0) is 6.61 Å². The van der Waals surface area contributed by atoms with E-state index in [9.17, 15) is 4.79 Å². The average Bonchev–Trinajstić information content (AvgIpc) is 2.60. The second kappa shape index (κ2) is 8.11. The SMILES string of the molecule is Cc1ccc(OCc2cccc(C(=O)N(C)C(C)CC#N)c2)cn1. The summed E-state index contributed by atoms with van der Waals surface area (Å²) in [6, 6.07) is 13.1. The van der Waals surface area contributed by atoms with Crippen molar-refractivity contribution in [1.82, 2.24) is 9.88 Å². The first-order chi connectivity index (χ1) is 11.5. The fourth-order valence-corrected chi connectivity index (χ4v) is 2.17. The minimum Gasteiger partial charge on any atom is -0.487 e. The van der Waals surface area contributed by atoms with Crippen LogP contribution in [0.5, 0.6) is 5.75 Å². The number of hydrogen-bond acceptors (Lipinski definition) is 4. The zero-order chi connectivity index (χ0) is 17.5. The number of carbonyl (C=O) groups is 1. The Kier molecular flexibility index (Phi) is 5.91. The molecule has 1 unspecified atom stereocenters. The van der Waals surface area contributed by atoms with Crippen molar-refractivity contribution in [1.29, 1.82) is 5.26 Å². The molecular weight excluding hydrogens is 302 g/mol. The molecule has 0 aliphatic heterocycles. The van der Waals surface area contributed by atoms with Gasteiger partial charge in [-0.25, -0.2) is 0 Å². The van der Waals surface area contributed by atoms with Gasteiger partial charge >= 0.3 is 0 Å². The molecule has 5 heteroatoms. The monoisotopic (exact) mass is 323 g/mol. The first-order valence-electron chi connectivity index (χ1n) is 7.79. The highest BCUT2D eigenvalue weighted by Gasteiger charge is 2.17. The number of aromatic nitrogens is 1. The summed E-state index contributed by atoms with van der Waals surface area (Å²) >= 11 is 0. The molecule has 1 amide bonds. The molecule has 0 spiro atoms. The van der Waals surface area contributed by atoms with Gasteiger partial charge in [0.15, 0.2) is 0 Å². The van der Waals surface area contributed by atoms with Crippen LogP contribution in [0.25, 0.3) is 0 Å². The molecule has 0 saturated heterocycles. The Bertz CT molecular complexity index is 735. The van der Waals surface area contributed by atoms with Crippen molar-refractivity contribution in [2.75, 3.05) is 7.05 Å². The quantitative estimate of drug-likeness (QED) is 0.817. The summed E-state index contributed by atoms with van der Waals surface area (Å²) in [6.07, 6.45) is 1.99. The Morgan fingerprint density at radius 2 is 2.17 bits per heavy atom. The number of rotatable bonds is 6. The zero-order valence-corrected chi connectivity index (χ0v) is 14.2. The van der Waals surface area contributed by atoms with Gasteiger partial charge in [0.05, 0.1) is 18.7 Å². The van der Waals surface area contributed by atoms with Crippen LogP contribution in [0.2, 0.25) is 0 Å². The van der Waals surface area contributed by atoms with Crippen LogP contribution in [0, 0.1) is 18.3 Å². The lowest BCUT2D eigenvalue weighted by atomic mass is 10.1. The van der Waals surface area contributed by atoms with Gasteiger partial charge in [-0.3, -0.25) is 9.78 Å². The molecule has 1 aromatic carbocycles. The van der Waals surface area contributed by atoms with Crippen LogP contribution >= 0.6 is 0 Å². The van der Waals surface area contributed by atoms with E-state index in [4.69, 9.17) is 10.00 Å². The zero-order valence-electron chi connectivity index (χ0n) is 14.2. The third-order valence-electron chi connectivity index (χ3n) is 3.83. The van der Waals surface area contributed by atoms with Crippen LogP contribution in [0.4, 0.5) is 0 Å². The summed E-state index contributed by atoms with van der Waals surface area (Å²) in [4.78, 5) is 18.3. The molecule has 5 nitrogen and oxygen atoms in total. The Morgan fingerprint density at radius 1 is 1.38 bits per heavy atom. The fourth-order valence-electron chi connectivity index (χ4n) is 2.17. The van der Waals surface area contributed by atoms with Crippen molar-refractivity contribution in [3.63, 3.8) is 0 Å². The van der Waals surface area contributed by atoms with Crippen LogP contribution < -0.4 is 4.74 Å². The van der Waals surface area contributed by atoms with Crippen LogP contribution in [-0.4, -0.2) is 28.9 Å². The second-order valence-corrected chi connectivity index (χ2v) is 5.75. The van der Waals surface area contributed by atoms with E-state index < -0.39 is 0 Å². The molecule has 0 radical (unpaired) electrons. The topological polar surface area (TPSA) is 66.2 Å². The van der Waals surface area contributed by atoms with E-state index >= 15 is 0 Å². The Hall–Kier alpha value is -2.87. The van der Waals surface area contributed by atoms with E-state index in [1.807, 2.05) is 44.2 Å². The predicted octanol–water partition coefficient (Wildman–Crippen LogP) is 3.34. The molecule has 1 heterocycles. The normalized spacial score (nSPS) is 11.4. The van der Waals surface area contributed by atoms with E-state index in [1.54, 1.807) is 24.2 Å². The predicted molar refractivity (Wildman–Crippen MR) is 91.5 cm³/mol. The maximum atomic E-state index is 12.5. The Morgan fingerprint density at radius 3 is 2.83 bits per heavy atom. The highest BCUT2D eigenvalue weighted by atomic mass is 16.5. The number of aryl methyl sites for hydroxylation is 1. The third-order valence-corrected chi connectivity index (χ3v) is 3.83. The van der Waals surface area contributed by atoms with Crippen molar-refractivity contribution in [2.24, 2.45) is 0 Å². The number of nitrogens with zero attached hydrogens (tertiary/aromatic N) is 3. The average molecular weight is 323 g/mol. The van der Waals surface area contributed by atoms with Gasteiger partial charge in [-0.2, -0.15) is 5.26 Å². The van der Waals surface area contributed by atoms with E-state index in [0.29, 0.717) is 24.3 Å². The van der Waals surface area contributed by atoms with E-state index in [-0.39, 0.29) is 11.9 Å². The van der Waals surface area contributed by atoms with Gasteiger partial charge in [0, 0.05) is 24.3 Å². The number of pyridine rings is 1. The van der Waals surface area contributed by atoms with Crippen molar-refractivity contribution < 1.29 is 9.53 Å². The molecular formula is C19H21N3O2. The van der Waals surface area contributed by atoms with Crippen molar-refractivity contribution in [3.8, 4) is 11.8 Å². The lowest BCUT2D eigenvalue weighted by Gasteiger charge is -2.23. The molecule has 0 fully saturated rings. The summed E-state index contributed by atoms with van der Waals surface area (Å²) < 4.78 is 5.70. The van der Waals surface area contributed by atoms with Crippen molar-refractivity contribution >= 4 is 5.91 Å². The van der Waals surface area contributed by atoms with E-state index in [1.165, 1.54) is 0 Å². The summed E-state index contributed by atoms with van der Waals surface area (Å²) in [5.74, 6) is 0.591. The number of carbonyl (C=O) groups excluding carboxylic acids is 1. The molecule has 2 aromatic rings. The number of hydrogen-bond donors (Lipinski definition) is 0. The summed E-state index contributed by atoms with van der Waals surface area (Å²) in [7, 11) is 1.71. The van der Waals surface area contributed by atoms with Crippen LogP contribution in [0.3, 0.4) is 0 Å². The highest BCUT2D eigenvalue weighted by molar-refractivity contribution is 5.94. The van der Waals surface area contributed by atoms with Crippen LogP contribution in [0.15, 0.2) is 42.6 Å². The fraction of sp³-hybridized carbons (Fsp3) is 0.316. The number of amides is 1. The number of nitriles is 1. The molecule has 24 heavy (non-hydrogen) atoms. The first-order valence-corrected chi connectivity index (χ1v) is 7.79. The molecule has 2 rings (SSSR count). The summed E-state index contributed by atoms with van der Waals surface area (Å²) in [5, 5.41) is 8.77. The highest BCUT2D eigenvalue weighted by Crippen LogP contribution is 2.14. The third kappa shape index (κ3) is 4.56. The molecule has 1 aromatic heterocycles. The van der Waals surface area contributed by atoms with E-state index in [2.05, 4.69) is 11.1 Å². The lowest BCUT2D eigenvalue weighted by molar-refractivity contribution is 0.0746. The van der Waals surface area contributed by atoms with Gasteiger partial charge in [0.25, 0.3) is 5.91 Å². The maximum Gasteiger partial charge on any atom is 0.253 e. The lowest BCUT2D eigenvalue weighted by Crippen LogP contribution is -2.34. The van der Waals surface area contributed by atoms with Gasteiger partial charge in [0.2, 0.25) is 0 Å². The second-order valence-electron chi connectivity index (χ2n) is 5.75. The number of benzene rings is 1. The van der Waals surface area contributed by atoms with E-state index in [0.717, 1.165) is 11.3 Å². The Balaban J connectivity index is 2.04. The molecule has 124 valence electrons. The minimum absolute atomic E-state index is 0.100. The molecule has 0 bridgehead atoms. The minimum atomic E-state index is -0.124.